The number of nitrogens with one attached hydrogen (secondary N) is 1. The van der Waals surface area contributed by atoms with Crippen molar-refractivity contribution in [1.82, 2.24) is 10.3 Å². The van der Waals surface area contributed by atoms with E-state index in [0.29, 0.717) is 0 Å². The molecular weight excluding hydrogens is 224 g/mol. The maximum absolute atomic E-state index is 11.4. The zero-order valence-corrected chi connectivity index (χ0v) is 10.9. The van der Waals surface area contributed by atoms with Gasteiger partial charge in [0.1, 0.15) is 5.60 Å². The smallest absolute Gasteiger partial charge is 0.320 e. The maximum atomic E-state index is 11.4. The van der Waals surface area contributed by atoms with Gasteiger partial charge in [-0.25, -0.2) is 4.98 Å². The van der Waals surface area contributed by atoms with Gasteiger partial charge in [0.05, 0.1) is 17.7 Å². The van der Waals surface area contributed by atoms with E-state index >= 15 is 0 Å². The number of nitrogens with zero attached hydrogens (tertiary/aromatic N) is 1. The maximum Gasteiger partial charge on any atom is 0.320 e. The van der Waals surface area contributed by atoms with Gasteiger partial charge in [0.25, 0.3) is 0 Å². The van der Waals surface area contributed by atoms with Crippen LogP contribution < -0.4 is 5.32 Å². The third kappa shape index (κ3) is 4.72. The van der Waals surface area contributed by atoms with Crippen LogP contribution in [0.15, 0.2) is 10.9 Å². The minimum Gasteiger partial charge on any atom is -0.459 e. The number of hydrogen-bond donors (Lipinski definition) is 1. The molecule has 1 atom stereocenters. The second-order valence-corrected chi connectivity index (χ2v) is 5.32. The van der Waals surface area contributed by atoms with Crippen molar-refractivity contribution in [3.8, 4) is 0 Å². The Morgan fingerprint density at radius 2 is 2.31 bits per heavy atom. The Balaban J connectivity index is 2.32. The van der Waals surface area contributed by atoms with Crippen molar-refractivity contribution in [2.45, 2.75) is 39.3 Å². The molecular formula is C11H18N2O2S. The minimum atomic E-state index is -0.428. The summed E-state index contributed by atoms with van der Waals surface area (Å²) >= 11 is 1.54. The number of carbonyl (C=O) groups excluding carboxylic acids is 1. The van der Waals surface area contributed by atoms with Crippen LogP contribution in [-0.2, 0) is 9.53 Å². The molecule has 0 amide bonds. The standard InChI is InChI=1S/C11H18N2O2S/c1-8(9-6-16-7-13-9)12-5-10(14)15-11(2,3)4/h6-8,12H,5H2,1-4H3. The first-order chi connectivity index (χ1) is 7.38. The lowest BCUT2D eigenvalue weighted by atomic mass is 10.2. The summed E-state index contributed by atoms with van der Waals surface area (Å²) in [7, 11) is 0. The molecule has 90 valence electrons. The summed E-state index contributed by atoms with van der Waals surface area (Å²) < 4.78 is 5.19. The summed E-state index contributed by atoms with van der Waals surface area (Å²) in [6.07, 6.45) is 0. The van der Waals surface area contributed by atoms with E-state index in [-0.39, 0.29) is 18.6 Å². The summed E-state index contributed by atoms with van der Waals surface area (Å²) in [5.74, 6) is -0.241. The molecule has 4 nitrogen and oxygen atoms in total. The van der Waals surface area contributed by atoms with Crippen LogP contribution >= 0.6 is 11.3 Å². The second kappa shape index (κ2) is 5.41. The average molecular weight is 242 g/mol. The summed E-state index contributed by atoms with van der Waals surface area (Å²) in [6, 6.07) is 0.0683. The molecule has 1 rings (SSSR count). The number of esters is 1. The second-order valence-electron chi connectivity index (χ2n) is 4.60. The van der Waals surface area contributed by atoms with Gasteiger partial charge in [0.15, 0.2) is 0 Å². The molecule has 16 heavy (non-hydrogen) atoms. The number of aromatic nitrogens is 1. The van der Waals surface area contributed by atoms with Gasteiger partial charge in [-0.05, 0) is 27.7 Å². The molecule has 1 N–H and O–H groups in total. The van der Waals surface area contributed by atoms with E-state index < -0.39 is 5.60 Å². The number of ether oxygens (including phenoxy) is 1. The van der Waals surface area contributed by atoms with E-state index in [2.05, 4.69) is 10.3 Å². The van der Waals surface area contributed by atoms with Crippen LogP contribution in [0.1, 0.15) is 39.4 Å². The van der Waals surface area contributed by atoms with Gasteiger partial charge in [-0.1, -0.05) is 0 Å². The first-order valence-electron chi connectivity index (χ1n) is 5.22. The normalized spacial score (nSPS) is 13.5. The Morgan fingerprint density at radius 3 is 2.81 bits per heavy atom. The molecule has 0 aliphatic rings. The molecule has 0 spiro atoms. The van der Waals surface area contributed by atoms with Gasteiger partial charge < -0.3 is 4.74 Å². The highest BCUT2D eigenvalue weighted by Crippen LogP contribution is 2.12. The topological polar surface area (TPSA) is 51.2 Å². The van der Waals surface area contributed by atoms with Gasteiger partial charge in [-0.15, -0.1) is 11.3 Å². The summed E-state index contributed by atoms with van der Waals surface area (Å²) in [5, 5.41) is 5.04. The van der Waals surface area contributed by atoms with Gasteiger partial charge in [0.2, 0.25) is 0 Å². The Kier molecular flexibility index (Phi) is 4.44. The molecule has 1 aromatic heterocycles. The van der Waals surface area contributed by atoms with Gasteiger partial charge in [0, 0.05) is 11.4 Å². The van der Waals surface area contributed by atoms with Gasteiger partial charge in [-0.3, -0.25) is 10.1 Å². The first-order valence-corrected chi connectivity index (χ1v) is 6.16. The molecule has 0 saturated carbocycles. The van der Waals surface area contributed by atoms with Crippen molar-refractivity contribution in [3.63, 3.8) is 0 Å². The van der Waals surface area contributed by atoms with Crippen molar-refractivity contribution in [3.05, 3.63) is 16.6 Å². The zero-order valence-electron chi connectivity index (χ0n) is 10.1. The third-order valence-corrected chi connectivity index (χ3v) is 2.47. The molecule has 0 aliphatic carbocycles. The largest absolute Gasteiger partial charge is 0.459 e. The molecule has 1 aromatic rings. The van der Waals surface area contributed by atoms with Crippen molar-refractivity contribution in [1.29, 1.82) is 0 Å². The van der Waals surface area contributed by atoms with E-state index in [1.54, 1.807) is 16.8 Å². The molecule has 0 radical (unpaired) electrons. The predicted octanol–water partition coefficient (Wildman–Crippen LogP) is 2.14. The summed E-state index contributed by atoms with van der Waals surface area (Å²) in [6.45, 7) is 7.74. The van der Waals surface area contributed by atoms with Crippen molar-refractivity contribution >= 4 is 17.3 Å². The minimum absolute atomic E-state index is 0.0683. The highest BCUT2D eigenvalue weighted by molar-refractivity contribution is 7.07. The Hall–Kier alpha value is -0.940. The van der Waals surface area contributed by atoms with E-state index in [9.17, 15) is 4.79 Å². The van der Waals surface area contributed by atoms with Crippen LogP contribution in [0.4, 0.5) is 0 Å². The lowest BCUT2D eigenvalue weighted by Crippen LogP contribution is -2.32. The quantitative estimate of drug-likeness (QED) is 0.822. The number of rotatable bonds is 4. The molecule has 0 aromatic carbocycles. The van der Waals surface area contributed by atoms with Gasteiger partial charge >= 0.3 is 5.97 Å². The van der Waals surface area contributed by atoms with Crippen LogP contribution in [-0.4, -0.2) is 23.1 Å². The van der Waals surface area contributed by atoms with E-state index in [0.717, 1.165) is 5.69 Å². The fourth-order valence-corrected chi connectivity index (χ4v) is 1.80. The molecule has 1 heterocycles. The first kappa shape index (κ1) is 13.1. The molecule has 5 heteroatoms. The fourth-order valence-electron chi connectivity index (χ4n) is 1.15. The molecule has 0 fully saturated rings. The zero-order chi connectivity index (χ0) is 12.2. The van der Waals surface area contributed by atoms with Crippen LogP contribution in [0.2, 0.25) is 0 Å². The van der Waals surface area contributed by atoms with Gasteiger partial charge in [-0.2, -0.15) is 0 Å². The third-order valence-electron chi connectivity index (χ3n) is 1.87. The highest BCUT2D eigenvalue weighted by Gasteiger charge is 2.17. The summed E-state index contributed by atoms with van der Waals surface area (Å²) in [4.78, 5) is 15.6. The van der Waals surface area contributed by atoms with Crippen molar-refractivity contribution < 1.29 is 9.53 Å². The number of thiazole rings is 1. The SMILES string of the molecule is CC(NCC(=O)OC(C)(C)C)c1cscn1. The lowest BCUT2D eigenvalue weighted by Gasteiger charge is -2.20. The van der Waals surface area contributed by atoms with Crippen LogP contribution in [0, 0.1) is 0 Å². The Labute approximate surface area is 100 Å². The number of hydrogen-bond acceptors (Lipinski definition) is 5. The van der Waals surface area contributed by atoms with Crippen molar-refractivity contribution in [2.75, 3.05) is 6.54 Å². The summed E-state index contributed by atoms with van der Waals surface area (Å²) in [5.41, 5.74) is 2.30. The fraction of sp³-hybridized carbons (Fsp3) is 0.636. The van der Waals surface area contributed by atoms with Crippen LogP contribution in [0.3, 0.4) is 0 Å². The Bertz CT molecular complexity index is 330. The predicted molar refractivity (Wildman–Crippen MR) is 64.4 cm³/mol. The molecule has 0 saturated heterocycles. The molecule has 1 unspecified atom stereocenters. The van der Waals surface area contributed by atoms with Crippen molar-refractivity contribution in [2.24, 2.45) is 0 Å². The highest BCUT2D eigenvalue weighted by atomic mass is 32.1. The molecule has 0 aliphatic heterocycles. The number of carbonyl (C=O) groups is 1. The van der Waals surface area contributed by atoms with E-state index in [1.165, 1.54) is 0 Å². The molecule has 0 bridgehead atoms. The lowest BCUT2D eigenvalue weighted by molar-refractivity contribution is -0.153. The monoisotopic (exact) mass is 242 g/mol. The van der Waals surface area contributed by atoms with Crippen LogP contribution in [0.5, 0.6) is 0 Å². The van der Waals surface area contributed by atoms with E-state index in [1.807, 2.05) is 33.1 Å². The van der Waals surface area contributed by atoms with Crippen LogP contribution in [0.25, 0.3) is 0 Å². The average Bonchev–Trinajstić information content (AvgIpc) is 2.64. The Morgan fingerprint density at radius 1 is 1.62 bits per heavy atom. The van der Waals surface area contributed by atoms with E-state index in [4.69, 9.17) is 4.74 Å².